The maximum absolute atomic E-state index is 11.2. The molecule has 0 amide bonds. The highest BCUT2D eigenvalue weighted by Gasteiger charge is 2.31. The molecular formula is C4H8ClO3PS. The van der Waals surface area contributed by atoms with E-state index in [9.17, 15) is 4.57 Å². The first-order chi connectivity index (χ1) is 4.66. The molecule has 0 radical (unpaired) electrons. The monoisotopic (exact) mass is 202 g/mol. The maximum atomic E-state index is 11.2. The Labute approximate surface area is 68.2 Å². The quantitative estimate of drug-likeness (QED) is 0.613. The van der Waals surface area contributed by atoms with Gasteiger partial charge < -0.3 is 0 Å². The molecule has 0 aromatic rings. The Bertz CT molecular complexity index is 165. The number of rotatable bonds is 1. The first kappa shape index (κ1) is 8.88. The van der Waals surface area contributed by atoms with Gasteiger partial charge in [-0.2, -0.15) is 0 Å². The zero-order valence-corrected chi connectivity index (χ0v) is 7.92. The Kier molecular flexibility index (Phi) is 3.07. The summed E-state index contributed by atoms with van der Waals surface area (Å²) < 4.78 is 21.0. The van der Waals surface area contributed by atoms with E-state index >= 15 is 0 Å². The Balaban J connectivity index is 2.54. The fourth-order valence-electron chi connectivity index (χ4n) is 0.670. The maximum Gasteiger partial charge on any atom is 0.404 e. The lowest BCUT2D eigenvalue weighted by Crippen LogP contribution is -2.15. The van der Waals surface area contributed by atoms with Crippen molar-refractivity contribution in [2.24, 2.45) is 0 Å². The first-order valence-corrected chi connectivity index (χ1v) is 6.69. The summed E-state index contributed by atoms with van der Waals surface area (Å²) in [5.74, 6) is 0. The van der Waals surface area contributed by atoms with Crippen LogP contribution in [0.2, 0.25) is 0 Å². The zero-order valence-electron chi connectivity index (χ0n) is 5.45. The number of hydrogen-bond acceptors (Lipinski definition) is 4. The lowest BCUT2D eigenvalue weighted by atomic mass is 10.3. The van der Waals surface area contributed by atoms with E-state index in [0.717, 1.165) is 6.42 Å². The fourth-order valence-corrected chi connectivity index (χ4v) is 3.21. The Morgan fingerprint density at radius 3 is 2.90 bits per heavy atom. The molecule has 60 valence electrons. The van der Waals surface area contributed by atoms with Crippen LogP contribution in [-0.2, 0) is 13.6 Å². The summed E-state index contributed by atoms with van der Waals surface area (Å²) in [6.45, 7) is -0.648. The van der Waals surface area contributed by atoms with Crippen LogP contribution in [0.25, 0.3) is 0 Å². The molecule has 6 heteroatoms. The largest absolute Gasteiger partial charge is 0.404 e. The summed E-state index contributed by atoms with van der Waals surface area (Å²) >= 11 is 0. The summed E-state index contributed by atoms with van der Waals surface area (Å²) in [5, 5.41) is 0. The van der Waals surface area contributed by atoms with E-state index in [4.69, 9.17) is 19.7 Å². The minimum atomic E-state index is -2.97. The number of hydrogen-bond donors (Lipinski definition) is 0. The third-order valence-corrected chi connectivity index (χ3v) is 5.06. The van der Waals surface area contributed by atoms with E-state index in [-0.39, 0.29) is 6.10 Å². The Morgan fingerprint density at radius 1 is 1.80 bits per heavy atom. The predicted octanol–water partition coefficient (Wildman–Crippen LogP) is 2.81. The molecular weight excluding hydrogens is 195 g/mol. The van der Waals surface area contributed by atoms with Crippen LogP contribution in [-0.4, -0.2) is 12.7 Å². The molecule has 0 spiro atoms. The summed E-state index contributed by atoms with van der Waals surface area (Å²) in [6.07, 6.45) is 0.771. The Morgan fingerprint density at radius 2 is 2.50 bits per heavy atom. The van der Waals surface area contributed by atoms with Gasteiger partial charge in [0, 0.05) is 0 Å². The highest BCUT2D eigenvalue weighted by molar-refractivity contribution is 8.66. The molecule has 1 aliphatic heterocycles. The minimum absolute atomic E-state index is 0.00849. The molecule has 1 saturated heterocycles. The average molecular weight is 203 g/mol. The predicted molar refractivity (Wildman–Crippen MR) is 42.2 cm³/mol. The molecule has 0 aromatic heterocycles. The van der Waals surface area contributed by atoms with E-state index < -0.39 is 6.80 Å². The molecule has 0 unspecified atom stereocenters. The van der Waals surface area contributed by atoms with Crippen LogP contribution in [0.1, 0.15) is 13.3 Å². The second kappa shape index (κ2) is 3.46. The standard InChI is InChI=1S/C4H8ClO3PS/c1-4-2-3-7-9(6,8-4)10-5/h4H,2-3H2,1H3/t4-,9+/m0/s1. The highest BCUT2D eigenvalue weighted by atomic mass is 35.7. The highest BCUT2D eigenvalue weighted by Crippen LogP contribution is 2.65. The third kappa shape index (κ3) is 2.14. The van der Waals surface area contributed by atoms with Crippen LogP contribution < -0.4 is 0 Å². The van der Waals surface area contributed by atoms with Gasteiger partial charge >= 0.3 is 6.80 Å². The molecule has 0 aromatic carbocycles. The van der Waals surface area contributed by atoms with Crippen LogP contribution in [0.3, 0.4) is 0 Å². The van der Waals surface area contributed by atoms with Gasteiger partial charge in [-0.1, -0.05) is 0 Å². The topological polar surface area (TPSA) is 35.5 Å². The van der Waals surface area contributed by atoms with Gasteiger partial charge in [0.2, 0.25) is 0 Å². The van der Waals surface area contributed by atoms with Gasteiger partial charge in [0.1, 0.15) is 0 Å². The molecule has 0 saturated carbocycles. The van der Waals surface area contributed by atoms with Gasteiger partial charge in [0.05, 0.1) is 23.3 Å². The van der Waals surface area contributed by atoms with E-state index in [2.05, 4.69) is 0 Å². The molecule has 0 aliphatic carbocycles. The van der Waals surface area contributed by atoms with E-state index in [1.165, 1.54) is 0 Å². The lowest BCUT2D eigenvalue weighted by molar-refractivity contribution is 0.104. The van der Waals surface area contributed by atoms with Crippen LogP contribution in [0.5, 0.6) is 0 Å². The summed E-state index contributed by atoms with van der Waals surface area (Å²) in [7, 11) is 5.93. The van der Waals surface area contributed by atoms with Gasteiger partial charge in [-0.3, -0.25) is 9.05 Å². The normalized spacial score (nSPS) is 41.6. The van der Waals surface area contributed by atoms with Gasteiger partial charge in [-0.25, -0.2) is 4.57 Å². The molecule has 0 bridgehead atoms. The zero-order chi connectivity index (χ0) is 7.61. The molecule has 1 fully saturated rings. The minimum Gasteiger partial charge on any atom is -0.300 e. The molecule has 1 heterocycles. The SMILES string of the molecule is C[C@H]1CCO[P@@](=O)(SCl)O1. The lowest BCUT2D eigenvalue weighted by Gasteiger charge is -2.24. The molecule has 2 atom stereocenters. The van der Waals surface area contributed by atoms with Crippen molar-refractivity contribution in [3.8, 4) is 0 Å². The van der Waals surface area contributed by atoms with Crippen LogP contribution in [0.15, 0.2) is 0 Å². The molecule has 1 rings (SSSR count). The van der Waals surface area contributed by atoms with Crippen molar-refractivity contribution in [1.82, 2.24) is 0 Å². The Hall–Kier alpha value is 0.790. The summed E-state index contributed by atoms with van der Waals surface area (Å²) in [5.41, 5.74) is 0. The van der Waals surface area contributed by atoms with Crippen molar-refractivity contribution in [1.29, 1.82) is 0 Å². The summed E-state index contributed by atoms with van der Waals surface area (Å²) in [6, 6.07) is 0. The van der Waals surface area contributed by atoms with Crippen molar-refractivity contribution in [2.75, 3.05) is 6.61 Å². The van der Waals surface area contributed by atoms with Gasteiger partial charge in [0.25, 0.3) is 0 Å². The number of halogens is 1. The van der Waals surface area contributed by atoms with Crippen LogP contribution in [0, 0.1) is 0 Å². The van der Waals surface area contributed by atoms with Gasteiger partial charge in [-0.05, 0) is 24.0 Å². The van der Waals surface area contributed by atoms with Crippen molar-refractivity contribution in [3.63, 3.8) is 0 Å². The molecule has 10 heavy (non-hydrogen) atoms. The first-order valence-electron chi connectivity index (χ1n) is 2.89. The van der Waals surface area contributed by atoms with Crippen LogP contribution >= 0.6 is 28.1 Å². The van der Waals surface area contributed by atoms with E-state index in [1.54, 1.807) is 0 Å². The van der Waals surface area contributed by atoms with Gasteiger partial charge in [-0.15, -0.1) is 0 Å². The molecule has 3 nitrogen and oxygen atoms in total. The second-order valence-electron chi connectivity index (χ2n) is 2.05. The smallest absolute Gasteiger partial charge is 0.300 e. The average Bonchev–Trinajstić information content (AvgIpc) is 1.88. The summed E-state index contributed by atoms with van der Waals surface area (Å²) in [4.78, 5) is 0. The van der Waals surface area contributed by atoms with Crippen molar-refractivity contribution in [3.05, 3.63) is 0 Å². The van der Waals surface area contributed by atoms with E-state index in [1.807, 2.05) is 6.92 Å². The molecule has 1 aliphatic rings. The van der Waals surface area contributed by atoms with Gasteiger partial charge in [0.15, 0.2) is 0 Å². The van der Waals surface area contributed by atoms with E-state index in [0.29, 0.717) is 17.2 Å². The fraction of sp³-hybridized carbons (Fsp3) is 1.00. The van der Waals surface area contributed by atoms with Crippen molar-refractivity contribution in [2.45, 2.75) is 19.4 Å². The van der Waals surface area contributed by atoms with Crippen LogP contribution in [0.4, 0.5) is 0 Å². The second-order valence-corrected chi connectivity index (χ2v) is 6.55. The van der Waals surface area contributed by atoms with Crippen molar-refractivity contribution >= 4 is 28.1 Å². The third-order valence-electron chi connectivity index (χ3n) is 1.17. The van der Waals surface area contributed by atoms with Crippen molar-refractivity contribution < 1.29 is 13.6 Å². The molecule has 0 N–H and O–H groups in total.